The number of aliphatic hydroxyl groups is 1. The van der Waals surface area contributed by atoms with Crippen molar-refractivity contribution in [2.45, 2.75) is 19.4 Å². The Bertz CT molecular complexity index is 1400. The summed E-state index contributed by atoms with van der Waals surface area (Å²) in [5.74, 6) is 0.568. The Kier molecular flexibility index (Phi) is 6.56. The summed E-state index contributed by atoms with van der Waals surface area (Å²) in [5, 5.41) is 14.9. The molecule has 3 aromatic heterocycles. The zero-order valence-corrected chi connectivity index (χ0v) is 19.2. The van der Waals surface area contributed by atoms with E-state index in [0.717, 1.165) is 46.3 Å². The number of thiophene rings is 1. The van der Waals surface area contributed by atoms with Crippen molar-refractivity contribution in [3.8, 4) is 22.5 Å². The molecule has 0 spiro atoms. The first kappa shape index (κ1) is 22.1. The Morgan fingerprint density at radius 2 is 1.74 bits per heavy atom. The van der Waals surface area contributed by atoms with Crippen molar-refractivity contribution in [1.29, 1.82) is 0 Å². The van der Waals surface area contributed by atoms with E-state index in [1.54, 1.807) is 23.6 Å². The minimum absolute atomic E-state index is 0.00461. The molecule has 0 atom stereocenters. The third kappa shape index (κ3) is 4.66. The fraction of sp³-hybridized carbons (Fsp3) is 0.148. The molecule has 5 rings (SSSR count). The van der Waals surface area contributed by atoms with E-state index in [-0.39, 0.29) is 6.61 Å². The zero-order chi connectivity index (χ0) is 23.3. The topological polar surface area (TPSA) is 70.9 Å². The number of hydrogen-bond acceptors (Lipinski definition) is 6. The summed E-state index contributed by atoms with van der Waals surface area (Å²) in [7, 11) is 0. The largest absolute Gasteiger partial charge is 0.392 e. The van der Waals surface area contributed by atoms with Crippen LogP contribution in [0.3, 0.4) is 0 Å². The minimum atomic E-state index is -0.457. The van der Waals surface area contributed by atoms with Crippen molar-refractivity contribution in [3.63, 3.8) is 0 Å². The first-order valence-electron chi connectivity index (χ1n) is 11.1. The number of nitrogens with zero attached hydrogens (tertiary/aromatic N) is 3. The lowest BCUT2D eigenvalue weighted by atomic mass is 10.1. The van der Waals surface area contributed by atoms with E-state index >= 15 is 0 Å². The monoisotopic (exact) mass is 470 g/mol. The number of halogens is 1. The van der Waals surface area contributed by atoms with Crippen LogP contribution in [0, 0.1) is 5.82 Å². The van der Waals surface area contributed by atoms with E-state index in [9.17, 15) is 9.50 Å². The number of nitrogens with one attached hydrogen (secondary N) is 1. The second-order valence-corrected chi connectivity index (χ2v) is 8.83. The Morgan fingerprint density at radius 3 is 2.50 bits per heavy atom. The van der Waals surface area contributed by atoms with Gasteiger partial charge in [0.25, 0.3) is 0 Å². The predicted molar refractivity (Wildman–Crippen MR) is 135 cm³/mol. The number of aromatic nitrogens is 3. The molecule has 3 heterocycles. The van der Waals surface area contributed by atoms with Gasteiger partial charge < -0.3 is 10.4 Å². The van der Waals surface area contributed by atoms with Crippen LogP contribution in [0.2, 0.25) is 0 Å². The highest BCUT2D eigenvalue weighted by atomic mass is 32.1. The third-order valence-corrected chi connectivity index (χ3v) is 6.63. The molecule has 7 heteroatoms. The molecule has 0 bridgehead atoms. The number of hydrogen-bond donors (Lipinski definition) is 2. The zero-order valence-electron chi connectivity index (χ0n) is 18.4. The molecule has 0 amide bonds. The summed E-state index contributed by atoms with van der Waals surface area (Å²) in [5.41, 5.74) is 5.17. The molecule has 0 unspecified atom stereocenters. The average Bonchev–Trinajstić information content (AvgIpc) is 3.32. The van der Waals surface area contributed by atoms with E-state index in [0.29, 0.717) is 17.2 Å². The maximum atomic E-state index is 14.6. The van der Waals surface area contributed by atoms with Crippen molar-refractivity contribution in [2.24, 2.45) is 0 Å². The third-order valence-electron chi connectivity index (χ3n) is 5.65. The van der Waals surface area contributed by atoms with Crippen LogP contribution in [0.1, 0.15) is 17.5 Å². The highest BCUT2D eigenvalue weighted by Gasteiger charge is 2.17. The van der Waals surface area contributed by atoms with Crippen LogP contribution in [-0.2, 0) is 13.0 Å². The normalized spacial score (nSPS) is 11.1. The van der Waals surface area contributed by atoms with Gasteiger partial charge in [0.15, 0.2) is 11.6 Å². The van der Waals surface area contributed by atoms with Gasteiger partial charge in [-0.15, -0.1) is 11.3 Å². The fourth-order valence-electron chi connectivity index (χ4n) is 3.85. The highest BCUT2D eigenvalue weighted by molar-refractivity contribution is 7.18. The molecule has 0 aliphatic rings. The van der Waals surface area contributed by atoms with Gasteiger partial charge >= 0.3 is 0 Å². The van der Waals surface area contributed by atoms with Gasteiger partial charge in [0.1, 0.15) is 5.82 Å². The lowest BCUT2D eigenvalue weighted by Crippen LogP contribution is -2.06. The molecule has 0 radical (unpaired) electrons. The molecule has 0 saturated heterocycles. The van der Waals surface area contributed by atoms with Gasteiger partial charge in [-0.05, 0) is 35.6 Å². The summed E-state index contributed by atoms with van der Waals surface area (Å²) in [4.78, 5) is 13.3. The van der Waals surface area contributed by atoms with E-state index in [4.69, 9.17) is 9.97 Å². The van der Waals surface area contributed by atoms with E-state index in [1.165, 1.54) is 11.8 Å². The Balaban J connectivity index is 1.50. The number of rotatable bonds is 8. The number of aryl methyl sites for hydroxylation is 1. The summed E-state index contributed by atoms with van der Waals surface area (Å²) >= 11 is 1.56. The SMILES string of the molecule is OCc1ccc(-c2csc3c(NCCCc4ccccc4)nc(-c4ccncc4F)nc23)cc1. The van der Waals surface area contributed by atoms with Crippen LogP contribution >= 0.6 is 11.3 Å². The molecule has 0 aliphatic heterocycles. The first-order chi connectivity index (χ1) is 16.7. The Labute approximate surface area is 201 Å². The minimum Gasteiger partial charge on any atom is -0.392 e. The van der Waals surface area contributed by atoms with Gasteiger partial charge in [0.05, 0.1) is 28.6 Å². The van der Waals surface area contributed by atoms with Crippen molar-refractivity contribution in [2.75, 3.05) is 11.9 Å². The Hall–Kier alpha value is -3.68. The number of benzene rings is 2. The molecular formula is C27H23FN4OS. The summed E-state index contributed by atoms with van der Waals surface area (Å²) < 4.78 is 15.5. The van der Waals surface area contributed by atoms with Gasteiger partial charge in [-0.3, -0.25) is 4.98 Å². The number of aliphatic hydroxyl groups excluding tert-OH is 1. The fourth-order valence-corrected chi connectivity index (χ4v) is 4.83. The summed E-state index contributed by atoms with van der Waals surface area (Å²) in [6, 6.07) is 19.7. The van der Waals surface area contributed by atoms with Crippen molar-refractivity contribution < 1.29 is 9.50 Å². The molecule has 5 nitrogen and oxygen atoms in total. The van der Waals surface area contributed by atoms with E-state index < -0.39 is 5.82 Å². The van der Waals surface area contributed by atoms with Gasteiger partial charge in [-0.25, -0.2) is 14.4 Å². The van der Waals surface area contributed by atoms with Crippen LogP contribution in [0.5, 0.6) is 0 Å². The first-order valence-corrected chi connectivity index (χ1v) is 12.0. The molecule has 0 saturated carbocycles. The van der Waals surface area contributed by atoms with Crippen LogP contribution in [0.25, 0.3) is 32.7 Å². The van der Waals surface area contributed by atoms with Crippen molar-refractivity contribution in [1.82, 2.24) is 15.0 Å². The lowest BCUT2D eigenvalue weighted by molar-refractivity contribution is 0.282. The maximum absolute atomic E-state index is 14.6. The molecule has 0 fully saturated rings. The maximum Gasteiger partial charge on any atom is 0.165 e. The Morgan fingerprint density at radius 1 is 0.912 bits per heavy atom. The molecule has 5 aromatic rings. The molecule has 0 aliphatic carbocycles. The molecule has 2 N–H and O–H groups in total. The number of anilines is 1. The second-order valence-electron chi connectivity index (χ2n) is 7.95. The smallest absolute Gasteiger partial charge is 0.165 e. The van der Waals surface area contributed by atoms with Crippen LogP contribution in [0.4, 0.5) is 10.2 Å². The predicted octanol–water partition coefficient (Wildman–Crippen LogP) is 6.10. The van der Waals surface area contributed by atoms with Crippen LogP contribution < -0.4 is 5.32 Å². The molecule has 2 aromatic carbocycles. The van der Waals surface area contributed by atoms with Gasteiger partial charge in [0, 0.05) is 23.7 Å². The van der Waals surface area contributed by atoms with Crippen LogP contribution in [0.15, 0.2) is 78.4 Å². The standard InChI is InChI=1S/C27H23FN4OS/c28-23-15-29-14-12-21(23)26-31-24-22(20-10-8-19(16-33)9-11-20)17-34-25(24)27(32-26)30-13-4-7-18-5-2-1-3-6-18/h1-3,5-6,8-12,14-15,17,33H,4,7,13,16H2,(H,30,31,32). The number of pyridine rings is 1. The van der Waals surface area contributed by atoms with E-state index in [2.05, 4.69) is 27.8 Å². The molecule has 34 heavy (non-hydrogen) atoms. The van der Waals surface area contributed by atoms with Gasteiger partial charge in [-0.2, -0.15) is 0 Å². The molecule has 170 valence electrons. The van der Waals surface area contributed by atoms with Gasteiger partial charge in [-0.1, -0.05) is 54.6 Å². The average molecular weight is 471 g/mol. The lowest BCUT2D eigenvalue weighted by Gasteiger charge is -2.10. The van der Waals surface area contributed by atoms with E-state index in [1.807, 2.05) is 42.5 Å². The summed E-state index contributed by atoms with van der Waals surface area (Å²) in [6.07, 6.45) is 4.62. The quantitative estimate of drug-likeness (QED) is 0.268. The second kappa shape index (κ2) is 10.1. The highest BCUT2D eigenvalue weighted by Crippen LogP contribution is 2.38. The van der Waals surface area contributed by atoms with Crippen molar-refractivity contribution in [3.05, 3.63) is 95.4 Å². The van der Waals surface area contributed by atoms with Crippen molar-refractivity contribution >= 4 is 27.4 Å². The number of fused-ring (bicyclic) bond motifs is 1. The van der Waals surface area contributed by atoms with Crippen LogP contribution in [-0.4, -0.2) is 26.6 Å². The van der Waals surface area contributed by atoms with Gasteiger partial charge in [0.2, 0.25) is 0 Å². The molecular weight excluding hydrogens is 447 g/mol. The summed E-state index contributed by atoms with van der Waals surface area (Å²) in [6.45, 7) is 0.729.